The van der Waals surface area contributed by atoms with Crippen LogP contribution in [0.5, 0.6) is 0 Å². The minimum absolute atomic E-state index is 0.434. The second-order valence-corrected chi connectivity index (χ2v) is 7.47. The zero-order chi connectivity index (χ0) is 19.9. The Balaban J connectivity index is 1.74. The third kappa shape index (κ3) is 4.67. The molecular formula is C24H27N3O. The first-order valence-electron chi connectivity index (χ1n) is 9.93. The molecule has 1 fully saturated rings. The zero-order valence-electron chi connectivity index (χ0n) is 16.8. The number of rotatable bonds is 5. The number of hydrogen-bond donors (Lipinski definition) is 0. The van der Waals surface area contributed by atoms with Gasteiger partial charge in [-0.2, -0.15) is 5.26 Å². The molecule has 28 heavy (non-hydrogen) atoms. The quantitative estimate of drug-likeness (QED) is 0.631. The number of nitriles is 1. The van der Waals surface area contributed by atoms with E-state index in [1.165, 1.54) is 0 Å². The van der Waals surface area contributed by atoms with Gasteiger partial charge in [-0.15, -0.1) is 0 Å². The fourth-order valence-corrected chi connectivity index (χ4v) is 3.71. The Morgan fingerprint density at radius 2 is 2.04 bits per heavy atom. The molecule has 0 bridgehead atoms. The van der Waals surface area contributed by atoms with E-state index in [9.17, 15) is 5.26 Å². The van der Waals surface area contributed by atoms with E-state index < -0.39 is 0 Å². The van der Waals surface area contributed by atoms with E-state index in [4.69, 9.17) is 4.84 Å². The lowest BCUT2D eigenvalue weighted by Gasteiger charge is -2.32. The molecule has 0 amide bonds. The normalized spacial score (nSPS) is 23.6. The summed E-state index contributed by atoms with van der Waals surface area (Å²) in [4.78, 5) is 9.85. The van der Waals surface area contributed by atoms with Crippen LogP contribution in [0, 0.1) is 29.1 Å². The number of aromatic nitrogens is 1. The molecular weight excluding hydrogens is 346 g/mol. The van der Waals surface area contributed by atoms with Gasteiger partial charge in [0.1, 0.15) is 6.61 Å². The summed E-state index contributed by atoms with van der Waals surface area (Å²) in [6.45, 7) is 7.16. The smallest absolute Gasteiger partial charge is 0.114 e. The van der Waals surface area contributed by atoms with Crippen molar-refractivity contribution in [1.29, 1.82) is 5.26 Å². The monoisotopic (exact) mass is 373 g/mol. The first kappa shape index (κ1) is 19.8. The molecule has 4 nitrogen and oxygen atoms in total. The lowest BCUT2D eigenvalue weighted by molar-refractivity contribution is 0.153. The summed E-state index contributed by atoms with van der Waals surface area (Å²) >= 11 is 0. The highest BCUT2D eigenvalue weighted by atomic mass is 16.6. The topological polar surface area (TPSA) is 58.3 Å². The molecule has 0 saturated heterocycles. The Bertz CT molecular complexity index is 893. The van der Waals surface area contributed by atoms with Crippen molar-refractivity contribution < 1.29 is 4.84 Å². The van der Waals surface area contributed by atoms with Crippen LogP contribution in [0.4, 0.5) is 0 Å². The molecule has 1 saturated carbocycles. The number of allylic oxidation sites excluding steroid dienone is 1. The van der Waals surface area contributed by atoms with E-state index in [2.05, 4.69) is 42.2 Å². The van der Waals surface area contributed by atoms with Crippen molar-refractivity contribution in [2.24, 2.45) is 22.9 Å². The van der Waals surface area contributed by atoms with Gasteiger partial charge in [0.15, 0.2) is 0 Å². The molecule has 3 rings (SSSR count). The van der Waals surface area contributed by atoms with Crippen LogP contribution in [0.3, 0.4) is 0 Å². The van der Waals surface area contributed by atoms with Crippen LogP contribution in [0.1, 0.15) is 44.9 Å². The molecule has 0 aliphatic heterocycles. The predicted octanol–water partition coefficient (Wildman–Crippen LogP) is 5.71. The maximum atomic E-state index is 9.28. The van der Waals surface area contributed by atoms with Gasteiger partial charge in [0, 0.05) is 17.3 Å². The highest BCUT2D eigenvalue weighted by Gasteiger charge is 2.29. The van der Waals surface area contributed by atoms with Crippen molar-refractivity contribution in [3.8, 4) is 17.2 Å². The van der Waals surface area contributed by atoms with Crippen molar-refractivity contribution >= 4 is 11.8 Å². The molecule has 144 valence electrons. The molecule has 0 spiro atoms. The van der Waals surface area contributed by atoms with Crippen molar-refractivity contribution in [2.75, 3.05) is 6.61 Å². The second-order valence-electron chi connectivity index (χ2n) is 7.47. The van der Waals surface area contributed by atoms with Crippen molar-refractivity contribution in [3.05, 3.63) is 59.9 Å². The Hall–Kier alpha value is -2.93. The van der Waals surface area contributed by atoms with Crippen LogP contribution in [-0.4, -0.2) is 17.3 Å². The fraction of sp³-hybridized carbons (Fsp3) is 0.375. The molecule has 1 aromatic heterocycles. The predicted molar refractivity (Wildman–Crippen MR) is 114 cm³/mol. The summed E-state index contributed by atoms with van der Waals surface area (Å²) in [6.07, 6.45) is 8.14. The first-order valence-corrected chi connectivity index (χ1v) is 9.93. The molecule has 1 aliphatic carbocycles. The van der Waals surface area contributed by atoms with E-state index >= 15 is 0 Å². The number of oxime groups is 1. The zero-order valence-corrected chi connectivity index (χ0v) is 16.8. The fourth-order valence-electron chi connectivity index (χ4n) is 3.71. The standard InChI is InChI=1S/C24H27N3O/c1-4-28-27-23-13-17(2)18(3)19(14-23)9-11-22-12-10-21(16-26-22)24-8-6-5-7-20(24)15-25/h5-12,16-19H,4,13-14H2,1-3H3/t17-,18+,19+/m0/s1. The third-order valence-corrected chi connectivity index (χ3v) is 5.58. The minimum atomic E-state index is 0.434. The van der Waals surface area contributed by atoms with Gasteiger partial charge in [0.2, 0.25) is 0 Å². The Morgan fingerprint density at radius 1 is 1.21 bits per heavy atom. The second kappa shape index (κ2) is 9.32. The Labute approximate surface area is 167 Å². The van der Waals surface area contributed by atoms with E-state index in [1.54, 1.807) is 0 Å². The lowest BCUT2D eigenvalue weighted by atomic mass is 9.73. The van der Waals surface area contributed by atoms with Crippen molar-refractivity contribution in [1.82, 2.24) is 4.98 Å². The van der Waals surface area contributed by atoms with Gasteiger partial charge in [-0.25, -0.2) is 0 Å². The largest absolute Gasteiger partial charge is 0.396 e. The molecule has 1 heterocycles. The number of nitrogens with zero attached hydrogens (tertiary/aromatic N) is 3. The maximum Gasteiger partial charge on any atom is 0.114 e. The molecule has 0 N–H and O–H groups in total. The number of benzene rings is 1. The summed E-state index contributed by atoms with van der Waals surface area (Å²) in [7, 11) is 0. The lowest BCUT2D eigenvalue weighted by Crippen LogP contribution is -2.28. The SMILES string of the molecule is CCON=C1C[C@@H](C=Cc2ccc(-c3ccccc3C#N)cn2)[C@H](C)[C@@H](C)C1. The molecule has 3 atom stereocenters. The summed E-state index contributed by atoms with van der Waals surface area (Å²) in [5, 5.41) is 13.6. The van der Waals surface area contributed by atoms with E-state index in [1.807, 2.05) is 49.5 Å². The Kier molecular flexibility index (Phi) is 6.60. The molecule has 0 unspecified atom stereocenters. The summed E-state index contributed by atoms with van der Waals surface area (Å²) < 4.78 is 0. The van der Waals surface area contributed by atoms with Gasteiger partial charge in [-0.3, -0.25) is 4.98 Å². The average molecular weight is 374 g/mol. The molecule has 1 aliphatic rings. The van der Waals surface area contributed by atoms with Gasteiger partial charge < -0.3 is 4.84 Å². The molecule has 1 aromatic carbocycles. The molecule has 0 radical (unpaired) electrons. The highest BCUT2D eigenvalue weighted by Crippen LogP contribution is 2.34. The van der Waals surface area contributed by atoms with Crippen molar-refractivity contribution in [3.63, 3.8) is 0 Å². The van der Waals surface area contributed by atoms with Crippen LogP contribution in [0.2, 0.25) is 0 Å². The minimum Gasteiger partial charge on any atom is -0.396 e. The number of hydrogen-bond acceptors (Lipinski definition) is 4. The summed E-state index contributed by atoms with van der Waals surface area (Å²) in [5.41, 5.74) is 4.61. The van der Waals surface area contributed by atoms with Crippen LogP contribution >= 0.6 is 0 Å². The Morgan fingerprint density at radius 3 is 2.75 bits per heavy atom. The first-order chi connectivity index (χ1) is 13.6. The molecule has 2 aromatic rings. The van der Waals surface area contributed by atoms with E-state index in [0.717, 1.165) is 35.4 Å². The van der Waals surface area contributed by atoms with Crippen LogP contribution in [0.25, 0.3) is 17.2 Å². The summed E-state index contributed by atoms with van der Waals surface area (Å²) in [6, 6.07) is 13.9. The van der Waals surface area contributed by atoms with Crippen LogP contribution in [-0.2, 0) is 4.84 Å². The van der Waals surface area contributed by atoms with Crippen molar-refractivity contribution in [2.45, 2.75) is 33.6 Å². The maximum absolute atomic E-state index is 9.28. The highest BCUT2D eigenvalue weighted by molar-refractivity contribution is 5.85. The van der Waals surface area contributed by atoms with Crippen LogP contribution < -0.4 is 0 Å². The van der Waals surface area contributed by atoms with E-state index in [0.29, 0.717) is 29.9 Å². The summed E-state index contributed by atoms with van der Waals surface area (Å²) in [5.74, 6) is 1.61. The van der Waals surface area contributed by atoms with Gasteiger partial charge in [-0.1, -0.05) is 49.3 Å². The van der Waals surface area contributed by atoms with Gasteiger partial charge in [-0.05, 0) is 55.7 Å². The van der Waals surface area contributed by atoms with Gasteiger partial charge in [0.05, 0.1) is 23.0 Å². The average Bonchev–Trinajstić information content (AvgIpc) is 2.73. The van der Waals surface area contributed by atoms with Gasteiger partial charge >= 0.3 is 0 Å². The van der Waals surface area contributed by atoms with Gasteiger partial charge in [0.25, 0.3) is 0 Å². The number of pyridine rings is 1. The van der Waals surface area contributed by atoms with Crippen LogP contribution in [0.15, 0.2) is 53.8 Å². The third-order valence-electron chi connectivity index (χ3n) is 5.58. The van der Waals surface area contributed by atoms with E-state index in [-0.39, 0.29) is 0 Å². The molecule has 4 heteroatoms.